The fourth-order valence-corrected chi connectivity index (χ4v) is 4.35. The molecular formula is C25H45N3O4. The molecule has 2 N–H and O–H groups in total. The number of likely N-dealkylation sites (N-methyl/N-ethyl adjacent to an activating group) is 1. The number of amides is 2. The van der Waals surface area contributed by atoms with Gasteiger partial charge in [0.15, 0.2) is 0 Å². The zero-order valence-electron chi connectivity index (χ0n) is 21.4. The van der Waals surface area contributed by atoms with Crippen molar-refractivity contribution in [1.82, 2.24) is 15.1 Å². The van der Waals surface area contributed by atoms with Gasteiger partial charge in [-0.2, -0.15) is 0 Å². The van der Waals surface area contributed by atoms with Crippen LogP contribution in [0.15, 0.2) is 11.6 Å². The molecule has 1 saturated heterocycles. The van der Waals surface area contributed by atoms with Gasteiger partial charge in [0, 0.05) is 18.7 Å². The number of piperidine rings is 1. The molecule has 0 aromatic heterocycles. The summed E-state index contributed by atoms with van der Waals surface area (Å²) in [5, 5.41) is 12.4. The molecule has 0 aliphatic carbocycles. The molecule has 1 fully saturated rings. The van der Waals surface area contributed by atoms with E-state index in [0.29, 0.717) is 6.04 Å². The highest BCUT2D eigenvalue weighted by Crippen LogP contribution is 2.23. The Morgan fingerprint density at radius 2 is 1.75 bits per heavy atom. The summed E-state index contributed by atoms with van der Waals surface area (Å²) in [7, 11) is 1.71. The zero-order valence-corrected chi connectivity index (χ0v) is 21.4. The average molecular weight is 452 g/mol. The Hall–Kier alpha value is -1.89. The smallest absolute Gasteiger partial charge is 0.331 e. The number of hydrogen-bond donors (Lipinski definition) is 2. The summed E-state index contributed by atoms with van der Waals surface area (Å²) < 4.78 is 0. The Morgan fingerprint density at radius 3 is 2.25 bits per heavy atom. The standard InChI is InChI=1S/C25H45N3O4/c1-9-17(5)21(15-18(6)25(31)32)27(8)24(30)22(16(3)4)26-23(29)20-13-11-12-14-28(20)19(7)10-2/h15-17,19-22H,9-14H2,1-8H3,(H,26,29)(H,31,32)/b18-15+. The minimum atomic E-state index is -0.990. The molecule has 0 spiro atoms. The highest BCUT2D eigenvalue weighted by Gasteiger charge is 2.36. The number of carbonyl (C=O) groups is 3. The molecule has 1 aliphatic heterocycles. The van der Waals surface area contributed by atoms with E-state index in [4.69, 9.17) is 0 Å². The fourth-order valence-electron chi connectivity index (χ4n) is 4.35. The first kappa shape index (κ1) is 28.1. The van der Waals surface area contributed by atoms with E-state index < -0.39 is 12.0 Å². The van der Waals surface area contributed by atoms with Crippen LogP contribution in [0.2, 0.25) is 0 Å². The van der Waals surface area contributed by atoms with Crippen molar-refractivity contribution in [2.24, 2.45) is 11.8 Å². The van der Waals surface area contributed by atoms with Crippen molar-refractivity contribution in [3.63, 3.8) is 0 Å². The Balaban J connectivity index is 3.10. The number of carboxylic acids is 1. The maximum atomic E-state index is 13.5. The first-order valence-electron chi connectivity index (χ1n) is 12.2. The highest BCUT2D eigenvalue weighted by molar-refractivity contribution is 5.90. The summed E-state index contributed by atoms with van der Waals surface area (Å²) in [6, 6.07) is -0.898. The van der Waals surface area contributed by atoms with Gasteiger partial charge in [0.25, 0.3) is 0 Å². The minimum absolute atomic E-state index is 0.0807. The molecule has 32 heavy (non-hydrogen) atoms. The second-order valence-electron chi connectivity index (χ2n) is 9.72. The maximum absolute atomic E-state index is 13.5. The number of rotatable bonds is 11. The Bertz CT molecular complexity index is 676. The van der Waals surface area contributed by atoms with Gasteiger partial charge in [-0.1, -0.05) is 53.5 Å². The third-order valence-electron chi connectivity index (χ3n) is 7.01. The van der Waals surface area contributed by atoms with Crippen LogP contribution in [0.1, 0.15) is 80.6 Å². The summed E-state index contributed by atoms with van der Waals surface area (Å²) in [6.07, 6.45) is 6.34. The van der Waals surface area contributed by atoms with Crippen LogP contribution in [0.25, 0.3) is 0 Å². The molecule has 5 atom stereocenters. The number of aliphatic carboxylic acids is 1. The number of carbonyl (C=O) groups excluding carboxylic acids is 2. The number of nitrogens with one attached hydrogen (secondary N) is 1. The summed E-state index contributed by atoms with van der Waals surface area (Å²) in [5.41, 5.74) is 0.214. The first-order valence-corrected chi connectivity index (χ1v) is 12.2. The molecule has 5 unspecified atom stereocenters. The van der Waals surface area contributed by atoms with Gasteiger partial charge in [0.2, 0.25) is 11.8 Å². The normalized spacial score (nSPS) is 21.5. The van der Waals surface area contributed by atoms with Gasteiger partial charge >= 0.3 is 5.97 Å². The van der Waals surface area contributed by atoms with Crippen molar-refractivity contribution in [3.8, 4) is 0 Å². The predicted octanol–water partition coefficient (Wildman–Crippen LogP) is 3.68. The molecule has 7 heteroatoms. The van der Waals surface area contributed by atoms with Crippen LogP contribution in [0.3, 0.4) is 0 Å². The fraction of sp³-hybridized carbons (Fsp3) is 0.800. The van der Waals surface area contributed by atoms with E-state index >= 15 is 0 Å². The summed E-state index contributed by atoms with van der Waals surface area (Å²) >= 11 is 0. The maximum Gasteiger partial charge on any atom is 0.331 e. The minimum Gasteiger partial charge on any atom is -0.478 e. The van der Waals surface area contributed by atoms with Gasteiger partial charge in [-0.3, -0.25) is 14.5 Å². The van der Waals surface area contributed by atoms with Gasteiger partial charge < -0.3 is 15.3 Å². The van der Waals surface area contributed by atoms with Crippen LogP contribution in [0, 0.1) is 11.8 Å². The SMILES string of the molecule is CCC(C)C(/C=C(\C)C(=O)O)N(C)C(=O)C(NC(=O)C1CCCCN1C(C)CC)C(C)C. The van der Waals surface area contributed by atoms with Crippen molar-refractivity contribution >= 4 is 17.8 Å². The van der Waals surface area contributed by atoms with Crippen LogP contribution < -0.4 is 5.32 Å². The molecule has 1 rings (SSSR count). The lowest BCUT2D eigenvalue weighted by Gasteiger charge is -2.40. The Morgan fingerprint density at radius 1 is 1.12 bits per heavy atom. The molecule has 2 amide bonds. The second kappa shape index (κ2) is 13.0. The highest BCUT2D eigenvalue weighted by atomic mass is 16.4. The number of nitrogens with zero attached hydrogens (tertiary/aromatic N) is 2. The van der Waals surface area contributed by atoms with Crippen molar-refractivity contribution < 1.29 is 19.5 Å². The average Bonchev–Trinajstić information content (AvgIpc) is 2.78. The number of likely N-dealkylation sites (tertiary alicyclic amines) is 1. The Kier molecular flexibility index (Phi) is 11.4. The van der Waals surface area contributed by atoms with E-state index in [1.54, 1.807) is 24.9 Å². The summed E-state index contributed by atoms with van der Waals surface area (Å²) in [5.74, 6) is -1.25. The van der Waals surface area contributed by atoms with Gasteiger partial charge in [-0.05, 0) is 51.5 Å². The molecule has 0 aromatic carbocycles. The number of carboxylic acid groups (broad SMARTS) is 1. The lowest BCUT2D eigenvalue weighted by molar-refractivity contribution is -0.140. The van der Waals surface area contributed by atoms with Crippen LogP contribution in [0.5, 0.6) is 0 Å². The van der Waals surface area contributed by atoms with E-state index in [1.165, 1.54) is 0 Å². The second-order valence-corrected chi connectivity index (χ2v) is 9.72. The molecule has 1 heterocycles. The van der Waals surface area contributed by atoms with Crippen LogP contribution >= 0.6 is 0 Å². The van der Waals surface area contributed by atoms with Crippen molar-refractivity contribution in [3.05, 3.63) is 11.6 Å². The topological polar surface area (TPSA) is 90.0 Å². The van der Waals surface area contributed by atoms with Crippen molar-refractivity contribution in [2.45, 2.75) is 105 Å². The molecule has 0 aromatic rings. The van der Waals surface area contributed by atoms with E-state index in [1.807, 2.05) is 27.7 Å². The monoisotopic (exact) mass is 451 g/mol. The summed E-state index contributed by atoms with van der Waals surface area (Å²) in [4.78, 5) is 42.1. The quantitative estimate of drug-likeness (QED) is 0.468. The molecule has 1 aliphatic rings. The van der Waals surface area contributed by atoms with E-state index in [-0.39, 0.29) is 41.3 Å². The van der Waals surface area contributed by atoms with Crippen molar-refractivity contribution in [2.75, 3.05) is 13.6 Å². The largest absolute Gasteiger partial charge is 0.478 e. The predicted molar refractivity (Wildman–Crippen MR) is 128 cm³/mol. The molecule has 7 nitrogen and oxygen atoms in total. The van der Waals surface area contributed by atoms with Crippen LogP contribution in [-0.2, 0) is 14.4 Å². The summed E-state index contributed by atoms with van der Waals surface area (Å²) in [6.45, 7) is 14.6. The van der Waals surface area contributed by atoms with Crippen LogP contribution in [-0.4, -0.2) is 70.4 Å². The van der Waals surface area contributed by atoms with E-state index in [0.717, 1.165) is 38.6 Å². The lowest BCUT2D eigenvalue weighted by atomic mass is 9.93. The van der Waals surface area contributed by atoms with E-state index in [9.17, 15) is 19.5 Å². The van der Waals surface area contributed by atoms with Gasteiger partial charge in [0.1, 0.15) is 6.04 Å². The van der Waals surface area contributed by atoms with Gasteiger partial charge in [0.05, 0.1) is 12.1 Å². The van der Waals surface area contributed by atoms with Crippen molar-refractivity contribution in [1.29, 1.82) is 0 Å². The van der Waals surface area contributed by atoms with Gasteiger partial charge in [-0.15, -0.1) is 0 Å². The molecule has 0 saturated carbocycles. The third-order valence-corrected chi connectivity index (χ3v) is 7.01. The van der Waals surface area contributed by atoms with Crippen LogP contribution in [0.4, 0.5) is 0 Å². The molecular weight excluding hydrogens is 406 g/mol. The first-order chi connectivity index (χ1) is 15.0. The van der Waals surface area contributed by atoms with E-state index in [2.05, 4.69) is 24.1 Å². The number of hydrogen-bond acceptors (Lipinski definition) is 4. The zero-order chi connectivity index (χ0) is 24.6. The Labute approximate surface area is 194 Å². The lowest BCUT2D eigenvalue weighted by Crippen LogP contribution is -2.59. The third kappa shape index (κ3) is 7.32. The molecule has 0 bridgehead atoms. The molecule has 0 radical (unpaired) electrons. The van der Waals surface area contributed by atoms with Gasteiger partial charge in [-0.25, -0.2) is 4.79 Å². The molecule has 184 valence electrons.